The van der Waals surface area contributed by atoms with Crippen molar-refractivity contribution >= 4 is 0 Å². The van der Waals surface area contributed by atoms with Crippen molar-refractivity contribution in [2.75, 3.05) is 13.7 Å². The Kier molecular flexibility index (Phi) is 6.62. The second-order valence-electron chi connectivity index (χ2n) is 6.62. The van der Waals surface area contributed by atoms with Crippen LogP contribution in [0.15, 0.2) is 73.0 Å². The number of methoxy groups -OCH3 is 1. The van der Waals surface area contributed by atoms with E-state index in [-0.39, 0.29) is 0 Å². The first-order valence-corrected chi connectivity index (χ1v) is 8.51. The lowest BCUT2D eigenvalue weighted by Crippen LogP contribution is -2.29. The molecular formula is C22H28O2. The van der Waals surface area contributed by atoms with Crippen LogP contribution >= 0.6 is 0 Å². The monoisotopic (exact) mass is 324 g/mol. The lowest BCUT2D eigenvalue weighted by Gasteiger charge is -2.28. The summed E-state index contributed by atoms with van der Waals surface area (Å²) in [6, 6.07) is 20.7. The molecule has 0 unspecified atom stereocenters. The third-order valence-electron chi connectivity index (χ3n) is 4.48. The van der Waals surface area contributed by atoms with Crippen LogP contribution in [0.2, 0.25) is 0 Å². The topological polar surface area (TPSA) is 18.5 Å². The van der Waals surface area contributed by atoms with Gasteiger partial charge in [-0.1, -0.05) is 74.5 Å². The van der Waals surface area contributed by atoms with Gasteiger partial charge in [-0.25, -0.2) is 0 Å². The van der Waals surface area contributed by atoms with E-state index >= 15 is 0 Å². The molecule has 2 rings (SSSR count). The van der Waals surface area contributed by atoms with E-state index in [1.807, 2.05) is 37.5 Å². The maximum atomic E-state index is 5.84. The van der Waals surface area contributed by atoms with Crippen molar-refractivity contribution in [1.29, 1.82) is 0 Å². The van der Waals surface area contributed by atoms with E-state index < -0.39 is 5.60 Å². The van der Waals surface area contributed by atoms with Crippen molar-refractivity contribution in [1.82, 2.24) is 0 Å². The summed E-state index contributed by atoms with van der Waals surface area (Å²) in [7, 11) is 1.72. The van der Waals surface area contributed by atoms with E-state index in [0.717, 1.165) is 5.56 Å². The van der Waals surface area contributed by atoms with Crippen LogP contribution in [0.25, 0.3) is 0 Å². The normalized spacial score (nSPS) is 15.4. The molecule has 0 aliphatic carbocycles. The first-order valence-electron chi connectivity index (χ1n) is 8.51. The van der Waals surface area contributed by atoms with Gasteiger partial charge in [0.15, 0.2) is 0 Å². The van der Waals surface area contributed by atoms with Crippen LogP contribution in [0, 0.1) is 5.92 Å². The molecule has 2 aromatic rings. The van der Waals surface area contributed by atoms with Crippen LogP contribution in [0.1, 0.15) is 37.8 Å². The fourth-order valence-corrected chi connectivity index (χ4v) is 2.79. The van der Waals surface area contributed by atoms with E-state index in [0.29, 0.717) is 18.4 Å². The van der Waals surface area contributed by atoms with Crippen LogP contribution in [0.3, 0.4) is 0 Å². The van der Waals surface area contributed by atoms with Gasteiger partial charge in [0.2, 0.25) is 0 Å². The lowest BCUT2D eigenvalue weighted by atomic mass is 9.89. The van der Waals surface area contributed by atoms with Gasteiger partial charge in [0, 0.05) is 13.0 Å². The molecule has 2 atom stereocenters. The summed E-state index contributed by atoms with van der Waals surface area (Å²) in [6.07, 6.45) is 3.96. The summed E-state index contributed by atoms with van der Waals surface area (Å²) in [5, 5.41) is 0. The zero-order chi connectivity index (χ0) is 17.4. The summed E-state index contributed by atoms with van der Waals surface area (Å²) in [4.78, 5) is 0. The van der Waals surface area contributed by atoms with Gasteiger partial charge in [-0.3, -0.25) is 0 Å². The number of rotatable bonds is 8. The molecule has 2 nitrogen and oxygen atoms in total. The molecular weight excluding hydrogens is 296 g/mol. The second kappa shape index (κ2) is 8.70. The lowest BCUT2D eigenvalue weighted by molar-refractivity contribution is -0.0464. The van der Waals surface area contributed by atoms with Crippen molar-refractivity contribution in [2.45, 2.75) is 32.3 Å². The Labute approximate surface area is 146 Å². The van der Waals surface area contributed by atoms with Crippen LogP contribution in [0.4, 0.5) is 0 Å². The zero-order valence-electron chi connectivity index (χ0n) is 15.1. The maximum absolute atomic E-state index is 5.84. The summed E-state index contributed by atoms with van der Waals surface area (Å²) in [6.45, 7) is 6.98. The third kappa shape index (κ3) is 4.72. The summed E-state index contributed by atoms with van der Waals surface area (Å²) in [5.74, 6) is 0.854. The zero-order valence-corrected chi connectivity index (χ0v) is 15.1. The Hall–Kier alpha value is -2.06. The SMILES string of the molecule is CO[C@@](C)(CO/C=C\[C@@H](c1ccccc1)C(C)C)c1ccccc1. The predicted molar refractivity (Wildman–Crippen MR) is 99.9 cm³/mol. The second-order valence-corrected chi connectivity index (χ2v) is 6.62. The number of ether oxygens (including phenoxy) is 2. The fourth-order valence-electron chi connectivity index (χ4n) is 2.79. The van der Waals surface area contributed by atoms with E-state index in [1.165, 1.54) is 5.56 Å². The minimum Gasteiger partial charge on any atom is -0.498 e. The molecule has 2 heteroatoms. The molecule has 24 heavy (non-hydrogen) atoms. The van der Waals surface area contributed by atoms with Crippen LogP contribution in [0.5, 0.6) is 0 Å². The van der Waals surface area contributed by atoms with Crippen LogP contribution in [-0.4, -0.2) is 13.7 Å². The molecule has 128 valence electrons. The minimum absolute atomic E-state index is 0.344. The van der Waals surface area contributed by atoms with Gasteiger partial charge in [-0.2, -0.15) is 0 Å². The van der Waals surface area contributed by atoms with Gasteiger partial charge >= 0.3 is 0 Å². The molecule has 2 aromatic carbocycles. The van der Waals surface area contributed by atoms with E-state index in [9.17, 15) is 0 Å². The number of hydrogen-bond donors (Lipinski definition) is 0. The summed E-state index contributed by atoms with van der Waals surface area (Å²) >= 11 is 0. The molecule has 0 aliphatic rings. The number of hydrogen-bond acceptors (Lipinski definition) is 2. The molecule has 0 spiro atoms. The molecule has 0 fully saturated rings. The highest BCUT2D eigenvalue weighted by molar-refractivity contribution is 5.24. The minimum atomic E-state index is -0.453. The van der Waals surface area contributed by atoms with Crippen molar-refractivity contribution in [3.05, 3.63) is 84.1 Å². The molecule has 0 heterocycles. The Morgan fingerprint density at radius 3 is 2.08 bits per heavy atom. The standard InChI is InChI=1S/C22H28O2/c1-18(2)21(19-11-7-5-8-12-19)15-16-24-17-22(3,23-4)20-13-9-6-10-14-20/h5-16,18,21H,17H2,1-4H3/b16-15-/t21-,22+/m1/s1. The Balaban J connectivity index is 2.02. The molecule has 0 saturated carbocycles. The van der Waals surface area contributed by atoms with E-state index in [2.05, 4.69) is 56.3 Å². The highest BCUT2D eigenvalue weighted by atomic mass is 16.5. The highest BCUT2D eigenvalue weighted by Crippen LogP contribution is 2.27. The van der Waals surface area contributed by atoms with Crippen LogP contribution in [-0.2, 0) is 15.1 Å². The van der Waals surface area contributed by atoms with Crippen molar-refractivity contribution < 1.29 is 9.47 Å². The van der Waals surface area contributed by atoms with Crippen molar-refractivity contribution in [2.24, 2.45) is 5.92 Å². The van der Waals surface area contributed by atoms with Gasteiger partial charge in [-0.15, -0.1) is 0 Å². The Morgan fingerprint density at radius 2 is 1.54 bits per heavy atom. The van der Waals surface area contributed by atoms with Crippen LogP contribution < -0.4 is 0 Å². The molecule has 0 aliphatic heterocycles. The summed E-state index contributed by atoms with van der Waals surface area (Å²) in [5.41, 5.74) is 1.97. The maximum Gasteiger partial charge on any atom is 0.124 e. The number of benzene rings is 2. The molecule has 0 aromatic heterocycles. The Morgan fingerprint density at radius 1 is 0.958 bits per heavy atom. The smallest absolute Gasteiger partial charge is 0.124 e. The van der Waals surface area contributed by atoms with Crippen molar-refractivity contribution in [3.63, 3.8) is 0 Å². The predicted octanol–water partition coefficient (Wildman–Crippen LogP) is 5.52. The first kappa shape index (κ1) is 18.3. The molecule has 0 saturated heterocycles. The number of allylic oxidation sites excluding steroid dienone is 1. The van der Waals surface area contributed by atoms with Gasteiger partial charge < -0.3 is 9.47 Å². The molecule has 0 amide bonds. The summed E-state index contributed by atoms with van der Waals surface area (Å²) < 4.78 is 11.5. The third-order valence-corrected chi connectivity index (χ3v) is 4.48. The van der Waals surface area contributed by atoms with E-state index in [1.54, 1.807) is 7.11 Å². The quantitative estimate of drug-likeness (QED) is 0.595. The van der Waals surface area contributed by atoms with Gasteiger partial charge in [0.25, 0.3) is 0 Å². The average molecular weight is 324 g/mol. The molecule has 0 N–H and O–H groups in total. The van der Waals surface area contributed by atoms with E-state index in [4.69, 9.17) is 9.47 Å². The highest BCUT2D eigenvalue weighted by Gasteiger charge is 2.26. The van der Waals surface area contributed by atoms with Crippen molar-refractivity contribution in [3.8, 4) is 0 Å². The first-order chi connectivity index (χ1) is 11.6. The molecule has 0 radical (unpaired) electrons. The average Bonchev–Trinajstić information content (AvgIpc) is 2.62. The van der Waals surface area contributed by atoms with Gasteiger partial charge in [0.05, 0.1) is 6.26 Å². The fraction of sp³-hybridized carbons (Fsp3) is 0.364. The van der Waals surface area contributed by atoms with Gasteiger partial charge in [-0.05, 0) is 30.0 Å². The molecule has 0 bridgehead atoms. The largest absolute Gasteiger partial charge is 0.498 e. The van der Waals surface area contributed by atoms with Gasteiger partial charge in [0.1, 0.15) is 12.2 Å². The Bertz CT molecular complexity index is 619.